The monoisotopic (exact) mass is 369 g/mol. The third-order valence-electron chi connectivity index (χ3n) is 5.68. The predicted octanol–water partition coefficient (Wildman–Crippen LogP) is 4.31. The van der Waals surface area contributed by atoms with Gasteiger partial charge in [-0.05, 0) is 50.9 Å². The number of halogens is 1. The number of hydrogen-bond donors (Lipinski definition) is 0. The summed E-state index contributed by atoms with van der Waals surface area (Å²) in [5, 5.41) is 14.7. The summed E-state index contributed by atoms with van der Waals surface area (Å²) in [5.74, 6) is 1.60. The maximum Gasteiger partial charge on any atom is 0.153 e. The average molecular weight is 370 g/mol. The van der Waals surface area contributed by atoms with E-state index in [2.05, 4.69) is 22.1 Å². The SMILES string of the molecule is N#CC1CCN(Cc2cn(-c3ccc(Cl)cn3)nc2C2CCCC2)CC1. The number of hydrogen-bond acceptors (Lipinski definition) is 4. The first kappa shape index (κ1) is 17.5. The quantitative estimate of drug-likeness (QED) is 0.805. The van der Waals surface area contributed by atoms with Crippen LogP contribution < -0.4 is 0 Å². The van der Waals surface area contributed by atoms with Crippen molar-refractivity contribution in [3.63, 3.8) is 0 Å². The summed E-state index contributed by atoms with van der Waals surface area (Å²) in [5.41, 5.74) is 2.55. The van der Waals surface area contributed by atoms with Crippen LogP contribution in [0.3, 0.4) is 0 Å². The molecule has 1 saturated heterocycles. The van der Waals surface area contributed by atoms with E-state index in [1.54, 1.807) is 6.20 Å². The summed E-state index contributed by atoms with van der Waals surface area (Å²) in [6.07, 6.45) is 10.8. The summed E-state index contributed by atoms with van der Waals surface area (Å²) in [4.78, 5) is 6.88. The molecule has 2 aromatic rings. The fourth-order valence-corrected chi connectivity index (χ4v) is 4.28. The minimum atomic E-state index is 0.224. The van der Waals surface area contributed by atoms with Gasteiger partial charge in [0.1, 0.15) is 0 Å². The molecular formula is C20H24ClN5. The number of likely N-dealkylation sites (tertiary alicyclic amines) is 1. The Bertz CT molecular complexity index is 778. The van der Waals surface area contributed by atoms with Gasteiger partial charge in [-0.3, -0.25) is 4.90 Å². The van der Waals surface area contributed by atoms with Gasteiger partial charge in [-0.25, -0.2) is 9.67 Å². The molecule has 0 N–H and O–H groups in total. The smallest absolute Gasteiger partial charge is 0.153 e. The molecule has 0 spiro atoms. The van der Waals surface area contributed by atoms with Crippen molar-refractivity contribution in [1.29, 1.82) is 5.26 Å². The molecule has 0 unspecified atom stereocenters. The average Bonchev–Trinajstić information content (AvgIpc) is 3.33. The Morgan fingerprint density at radius 1 is 1.15 bits per heavy atom. The van der Waals surface area contributed by atoms with Crippen LogP contribution in [0, 0.1) is 17.2 Å². The first-order valence-corrected chi connectivity index (χ1v) is 9.93. The number of pyridine rings is 1. The van der Waals surface area contributed by atoms with Gasteiger partial charge >= 0.3 is 0 Å². The van der Waals surface area contributed by atoms with Gasteiger partial charge in [0.2, 0.25) is 0 Å². The molecule has 0 amide bonds. The Morgan fingerprint density at radius 2 is 1.92 bits per heavy atom. The number of aromatic nitrogens is 3. The zero-order chi connectivity index (χ0) is 17.9. The highest BCUT2D eigenvalue weighted by atomic mass is 35.5. The fraction of sp³-hybridized carbons (Fsp3) is 0.550. The standard InChI is InChI=1S/C20H24ClN5/c21-18-5-6-19(23-12-18)26-14-17(20(24-26)16-3-1-2-4-16)13-25-9-7-15(11-22)8-10-25/h5-6,12,14-16H,1-4,7-10,13H2. The van der Waals surface area contributed by atoms with E-state index in [-0.39, 0.29) is 5.92 Å². The van der Waals surface area contributed by atoms with Crippen molar-refractivity contribution in [2.45, 2.75) is 51.0 Å². The molecular weight excluding hydrogens is 346 g/mol. The van der Waals surface area contributed by atoms with Crippen molar-refractivity contribution < 1.29 is 0 Å². The summed E-state index contributed by atoms with van der Waals surface area (Å²) >= 11 is 5.97. The lowest BCUT2D eigenvalue weighted by Crippen LogP contribution is -2.33. The Kier molecular flexibility index (Phi) is 5.23. The molecule has 1 aliphatic heterocycles. The number of piperidine rings is 1. The number of rotatable bonds is 4. The molecule has 2 fully saturated rings. The topological polar surface area (TPSA) is 57.7 Å². The van der Waals surface area contributed by atoms with E-state index >= 15 is 0 Å². The van der Waals surface area contributed by atoms with Crippen LogP contribution in [-0.4, -0.2) is 32.8 Å². The molecule has 0 bridgehead atoms. The van der Waals surface area contributed by atoms with E-state index in [0.29, 0.717) is 10.9 Å². The van der Waals surface area contributed by atoms with Gasteiger partial charge in [0.15, 0.2) is 5.82 Å². The number of nitriles is 1. The molecule has 26 heavy (non-hydrogen) atoms. The van der Waals surface area contributed by atoms with Crippen LogP contribution >= 0.6 is 11.6 Å². The van der Waals surface area contributed by atoms with Crippen LogP contribution in [0.5, 0.6) is 0 Å². The van der Waals surface area contributed by atoms with Gasteiger partial charge in [0.05, 0.1) is 16.8 Å². The van der Waals surface area contributed by atoms with Gasteiger partial charge < -0.3 is 0 Å². The summed E-state index contributed by atoms with van der Waals surface area (Å²) < 4.78 is 1.90. The van der Waals surface area contributed by atoms with Gasteiger partial charge in [0.25, 0.3) is 0 Å². The van der Waals surface area contributed by atoms with Gasteiger partial charge in [-0.15, -0.1) is 0 Å². The second kappa shape index (κ2) is 7.77. The van der Waals surface area contributed by atoms with Crippen LogP contribution in [0.15, 0.2) is 24.5 Å². The van der Waals surface area contributed by atoms with Gasteiger partial charge in [-0.2, -0.15) is 10.4 Å². The van der Waals surface area contributed by atoms with Crippen LogP contribution in [0.25, 0.3) is 5.82 Å². The molecule has 0 aromatic carbocycles. The third kappa shape index (κ3) is 3.77. The summed E-state index contributed by atoms with van der Waals surface area (Å²) in [7, 11) is 0. The zero-order valence-electron chi connectivity index (χ0n) is 14.9. The molecule has 1 aliphatic carbocycles. The van der Waals surface area contributed by atoms with E-state index in [9.17, 15) is 0 Å². The highest BCUT2D eigenvalue weighted by molar-refractivity contribution is 6.30. The largest absolute Gasteiger partial charge is 0.299 e. The van der Waals surface area contributed by atoms with Gasteiger partial charge in [0, 0.05) is 36.3 Å². The minimum absolute atomic E-state index is 0.224. The first-order chi connectivity index (χ1) is 12.7. The summed E-state index contributed by atoms with van der Waals surface area (Å²) in [6, 6.07) is 6.18. The lowest BCUT2D eigenvalue weighted by molar-refractivity contribution is 0.197. The van der Waals surface area contributed by atoms with Crippen molar-refractivity contribution >= 4 is 11.6 Å². The van der Waals surface area contributed by atoms with Crippen molar-refractivity contribution in [3.05, 3.63) is 40.8 Å². The maximum atomic E-state index is 9.11. The third-order valence-corrected chi connectivity index (χ3v) is 5.90. The molecule has 1 saturated carbocycles. The molecule has 4 rings (SSSR count). The maximum absolute atomic E-state index is 9.11. The van der Waals surface area contributed by atoms with Crippen molar-refractivity contribution in [2.75, 3.05) is 13.1 Å². The second-order valence-corrected chi connectivity index (χ2v) is 7.92. The highest BCUT2D eigenvalue weighted by Crippen LogP contribution is 2.36. The van der Waals surface area contributed by atoms with E-state index < -0.39 is 0 Å². The first-order valence-electron chi connectivity index (χ1n) is 9.55. The molecule has 3 heterocycles. The van der Waals surface area contributed by atoms with Crippen LogP contribution in [0.2, 0.25) is 5.02 Å². The van der Waals surface area contributed by atoms with Crippen molar-refractivity contribution in [2.24, 2.45) is 5.92 Å². The lowest BCUT2D eigenvalue weighted by atomic mass is 9.97. The molecule has 6 heteroatoms. The van der Waals surface area contributed by atoms with Crippen LogP contribution in [0.4, 0.5) is 0 Å². The Hall–Kier alpha value is -1.90. The minimum Gasteiger partial charge on any atom is -0.299 e. The number of nitrogens with zero attached hydrogens (tertiary/aromatic N) is 5. The molecule has 136 valence electrons. The molecule has 2 aliphatic rings. The molecule has 2 aromatic heterocycles. The van der Waals surface area contributed by atoms with Gasteiger partial charge in [-0.1, -0.05) is 24.4 Å². The van der Waals surface area contributed by atoms with E-state index in [4.69, 9.17) is 22.0 Å². The highest BCUT2D eigenvalue weighted by Gasteiger charge is 2.26. The molecule has 0 atom stereocenters. The lowest BCUT2D eigenvalue weighted by Gasteiger charge is -2.29. The molecule has 0 radical (unpaired) electrons. The summed E-state index contributed by atoms with van der Waals surface area (Å²) in [6.45, 7) is 2.90. The molecule has 5 nitrogen and oxygen atoms in total. The Morgan fingerprint density at radius 3 is 2.58 bits per heavy atom. The van der Waals surface area contributed by atoms with E-state index in [1.807, 2.05) is 16.8 Å². The van der Waals surface area contributed by atoms with Crippen molar-refractivity contribution in [1.82, 2.24) is 19.7 Å². The Labute approximate surface area is 159 Å². The van der Waals surface area contributed by atoms with Crippen LogP contribution in [0.1, 0.15) is 55.7 Å². The zero-order valence-corrected chi connectivity index (χ0v) is 15.7. The van der Waals surface area contributed by atoms with E-state index in [0.717, 1.165) is 38.3 Å². The second-order valence-electron chi connectivity index (χ2n) is 7.48. The van der Waals surface area contributed by atoms with Crippen LogP contribution in [-0.2, 0) is 6.54 Å². The normalized spacial score (nSPS) is 19.7. The predicted molar refractivity (Wildman–Crippen MR) is 101 cm³/mol. The Balaban J connectivity index is 1.57. The van der Waals surface area contributed by atoms with E-state index in [1.165, 1.54) is 36.9 Å². The van der Waals surface area contributed by atoms with Crippen molar-refractivity contribution in [3.8, 4) is 11.9 Å². The fourth-order valence-electron chi connectivity index (χ4n) is 4.17.